The number of benzene rings is 3. The number of halogens is 2. The average molecular weight is 487 g/mol. The molecule has 1 aliphatic heterocycles. The summed E-state index contributed by atoms with van der Waals surface area (Å²) in [7, 11) is -4.19. The van der Waals surface area contributed by atoms with E-state index in [1.807, 2.05) is 0 Å². The molecule has 2 N–H and O–H groups in total. The van der Waals surface area contributed by atoms with Crippen molar-refractivity contribution < 1.29 is 27.1 Å². The smallest absolute Gasteiger partial charge is 0.251 e. The second-order valence-corrected chi connectivity index (χ2v) is 10.4. The lowest BCUT2D eigenvalue weighted by molar-refractivity contribution is -0.0418. The summed E-state index contributed by atoms with van der Waals surface area (Å²) in [5, 5.41) is 14.0. The van der Waals surface area contributed by atoms with Crippen LogP contribution in [0.25, 0.3) is 0 Å². The summed E-state index contributed by atoms with van der Waals surface area (Å²) in [6.45, 7) is 1.49. The van der Waals surface area contributed by atoms with Gasteiger partial charge in [-0.3, -0.25) is 4.79 Å². The zero-order valence-electron chi connectivity index (χ0n) is 18.4. The summed E-state index contributed by atoms with van der Waals surface area (Å²) < 4.78 is 55.6. The van der Waals surface area contributed by atoms with Gasteiger partial charge in [-0.1, -0.05) is 36.4 Å². The van der Waals surface area contributed by atoms with E-state index in [9.17, 15) is 27.1 Å². The molecular formula is C25H24F2N2O4S. The Morgan fingerprint density at radius 3 is 2.32 bits per heavy atom. The van der Waals surface area contributed by atoms with Crippen LogP contribution in [0.15, 0.2) is 83.8 Å². The number of rotatable bonds is 5. The van der Waals surface area contributed by atoms with E-state index in [-0.39, 0.29) is 23.4 Å². The molecule has 0 aliphatic carbocycles. The van der Waals surface area contributed by atoms with Crippen molar-refractivity contribution in [3.05, 3.63) is 102 Å². The van der Waals surface area contributed by atoms with Gasteiger partial charge in [0.05, 0.1) is 22.6 Å². The molecule has 9 heteroatoms. The van der Waals surface area contributed by atoms with E-state index in [0.717, 1.165) is 24.3 Å². The molecule has 0 spiro atoms. The van der Waals surface area contributed by atoms with Crippen molar-refractivity contribution in [2.45, 2.75) is 35.9 Å². The van der Waals surface area contributed by atoms with Gasteiger partial charge in [0.1, 0.15) is 11.6 Å². The van der Waals surface area contributed by atoms with Crippen molar-refractivity contribution in [2.24, 2.45) is 0 Å². The maximum absolute atomic E-state index is 13.9. The molecule has 1 amide bonds. The van der Waals surface area contributed by atoms with E-state index in [1.54, 1.807) is 30.3 Å². The number of carbonyl (C=O) groups excluding carboxylic acids is 1. The number of amides is 1. The van der Waals surface area contributed by atoms with Crippen molar-refractivity contribution in [1.29, 1.82) is 0 Å². The Bertz CT molecular complexity index is 1280. The van der Waals surface area contributed by atoms with E-state index in [0.29, 0.717) is 5.56 Å². The molecule has 3 unspecified atom stereocenters. The number of nitrogens with zero attached hydrogens (tertiary/aromatic N) is 1. The maximum Gasteiger partial charge on any atom is 0.251 e. The molecule has 0 aromatic heterocycles. The second kappa shape index (κ2) is 9.25. The van der Waals surface area contributed by atoms with Crippen LogP contribution in [0.5, 0.6) is 0 Å². The van der Waals surface area contributed by atoms with E-state index in [1.165, 1.54) is 35.5 Å². The number of hydrogen-bond acceptors (Lipinski definition) is 4. The summed E-state index contributed by atoms with van der Waals surface area (Å²) in [6, 6.07) is 16.2. The summed E-state index contributed by atoms with van der Waals surface area (Å²) in [4.78, 5) is 12.8. The fourth-order valence-corrected chi connectivity index (χ4v) is 5.90. The van der Waals surface area contributed by atoms with Gasteiger partial charge >= 0.3 is 0 Å². The third-order valence-corrected chi connectivity index (χ3v) is 7.95. The van der Waals surface area contributed by atoms with Gasteiger partial charge in [0.25, 0.3) is 5.91 Å². The molecule has 3 atom stereocenters. The molecule has 0 bridgehead atoms. The number of hydrogen-bond donors (Lipinski definition) is 2. The molecule has 34 heavy (non-hydrogen) atoms. The molecule has 6 nitrogen and oxygen atoms in total. The zero-order chi connectivity index (χ0) is 24.5. The molecule has 0 saturated carbocycles. The van der Waals surface area contributed by atoms with Crippen molar-refractivity contribution in [3.63, 3.8) is 0 Å². The Kier molecular flexibility index (Phi) is 6.53. The number of carbonyl (C=O) groups is 1. The fourth-order valence-electron chi connectivity index (χ4n) is 4.24. The quantitative estimate of drug-likeness (QED) is 0.577. The molecule has 1 heterocycles. The van der Waals surface area contributed by atoms with Gasteiger partial charge in [-0.15, -0.1) is 0 Å². The van der Waals surface area contributed by atoms with Crippen LogP contribution in [0.1, 0.15) is 35.3 Å². The van der Waals surface area contributed by atoms with Gasteiger partial charge in [-0.05, 0) is 61.4 Å². The van der Waals surface area contributed by atoms with Crippen LogP contribution in [0, 0.1) is 11.6 Å². The molecule has 178 valence electrons. The van der Waals surface area contributed by atoms with Crippen LogP contribution in [0.4, 0.5) is 8.78 Å². The van der Waals surface area contributed by atoms with Gasteiger partial charge in [0.15, 0.2) is 0 Å². The Hall–Kier alpha value is -3.14. The van der Waals surface area contributed by atoms with Gasteiger partial charge in [0, 0.05) is 12.1 Å². The van der Waals surface area contributed by atoms with Gasteiger partial charge in [-0.2, -0.15) is 4.31 Å². The van der Waals surface area contributed by atoms with E-state index < -0.39 is 45.2 Å². The lowest BCUT2D eigenvalue weighted by Gasteiger charge is -2.48. The Morgan fingerprint density at radius 1 is 1.00 bits per heavy atom. The van der Waals surface area contributed by atoms with Crippen LogP contribution in [-0.4, -0.2) is 41.9 Å². The van der Waals surface area contributed by atoms with Crippen molar-refractivity contribution in [1.82, 2.24) is 9.62 Å². The average Bonchev–Trinajstić information content (AvgIpc) is 2.81. The first-order valence-electron chi connectivity index (χ1n) is 10.7. The maximum atomic E-state index is 13.9. The highest BCUT2D eigenvalue weighted by Crippen LogP contribution is 2.40. The minimum Gasteiger partial charge on any atom is -0.388 e. The third-order valence-electron chi connectivity index (χ3n) is 6.07. The van der Waals surface area contributed by atoms with Gasteiger partial charge < -0.3 is 10.4 Å². The molecule has 3 aromatic rings. The second-order valence-electron chi connectivity index (χ2n) is 8.49. The highest BCUT2D eigenvalue weighted by Gasteiger charge is 2.50. The summed E-state index contributed by atoms with van der Waals surface area (Å²) in [5.41, 5.74) is -0.759. The summed E-state index contributed by atoms with van der Waals surface area (Å²) >= 11 is 0. The van der Waals surface area contributed by atoms with Crippen LogP contribution in [0.3, 0.4) is 0 Å². The number of aliphatic hydroxyl groups is 1. The Labute approximate surface area is 196 Å². The molecule has 0 radical (unpaired) electrons. The Morgan fingerprint density at radius 2 is 1.68 bits per heavy atom. The van der Waals surface area contributed by atoms with Gasteiger partial charge in [0.2, 0.25) is 10.0 Å². The normalized spacial score (nSPS) is 23.4. The van der Waals surface area contributed by atoms with Crippen molar-refractivity contribution in [2.75, 3.05) is 6.54 Å². The molecule has 3 aromatic carbocycles. The first-order chi connectivity index (χ1) is 16.1. The van der Waals surface area contributed by atoms with E-state index >= 15 is 0 Å². The van der Waals surface area contributed by atoms with Gasteiger partial charge in [-0.25, -0.2) is 17.2 Å². The first-order valence-corrected chi connectivity index (χ1v) is 12.1. The zero-order valence-corrected chi connectivity index (χ0v) is 19.2. The molecule has 1 fully saturated rings. The standard InChI is InChI=1S/C25H24F2N2O4S/c1-25(31)14-15-29(34(32,33)21-9-5-8-20(27)16-21)22(17-6-3-2-4-7-17)23(25)28-24(30)18-10-12-19(26)13-11-18/h2-13,16,22-23,31H,14-15H2,1H3,(H,28,30). The molecular weight excluding hydrogens is 462 g/mol. The predicted octanol–water partition coefficient (Wildman–Crippen LogP) is 3.65. The minimum atomic E-state index is -4.19. The van der Waals surface area contributed by atoms with Crippen LogP contribution in [-0.2, 0) is 10.0 Å². The molecule has 4 rings (SSSR count). The first kappa shape index (κ1) is 24.0. The van der Waals surface area contributed by atoms with Crippen molar-refractivity contribution >= 4 is 15.9 Å². The fraction of sp³-hybridized carbons (Fsp3) is 0.240. The van der Waals surface area contributed by atoms with Crippen molar-refractivity contribution in [3.8, 4) is 0 Å². The SMILES string of the molecule is CC1(O)CCN(S(=O)(=O)c2cccc(F)c2)C(c2ccccc2)C1NC(=O)c1ccc(F)cc1. The monoisotopic (exact) mass is 486 g/mol. The van der Waals surface area contributed by atoms with Crippen LogP contribution in [0.2, 0.25) is 0 Å². The largest absolute Gasteiger partial charge is 0.388 e. The lowest BCUT2D eigenvalue weighted by Crippen LogP contribution is -2.63. The van der Waals surface area contributed by atoms with E-state index in [2.05, 4.69) is 5.32 Å². The number of nitrogens with one attached hydrogen (secondary N) is 1. The predicted molar refractivity (Wildman–Crippen MR) is 122 cm³/mol. The summed E-state index contributed by atoms with van der Waals surface area (Å²) in [6.07, 6.45) is 0.0270. The lowest BCUT2D eigenvalue weighted by atomic mass is 9.81. The minimum absolute atomic E-state index is 0.0270. The highest BCUT2D eigenvalue weighted by atomic mass is 32.2. The number of piperidine rings is 1. The summed E-state index contributed by atoms with van der Waals surface area (Å²) in [5.74, 6) is -1.78. The Balaban J connectivity index is 1.79. The topological polar surface area (TPSA) is 86.7 Å². The highest BCUT2D eigenvalue weighted by molar-refractivity contribution is 7.89. The van der Waals surface area contributed by atoms with Crippen LogP contribution < -0.4 is 5.32 Å². The van der Waals surface area contributed by atoms with Crippen LogP contribution >= 0.6 is 0 Å². The van der Waals surface area contributed by atoms with E-state index in [4.69, 9.17) is 0 Å². The third kappa shape index (κ3) is 4.72. The molecule has 1 aliphatic rings. The number of sulfonamides is 1. The molecule has 1 saturated heterocycles.